The Labute approximate surface area is 270 Å². The quantitative estimate of drug-likeness (QED) is 0.196. The predicted molar refractivity (Wildman–Crippen MR) is 169 cm³/mol. The lowest BCUT2D eigenvalue weighted by Crippen LogP contribution is -2.66. The van der Waals surface area contributed by atoms with E-state index in [0.29, 0.717) is 11.4 Å². The standard InChI is InChI=1S/C32H34N4O9S/c1-17-11-13-23(14-12-17)25-15-24(22-9-7-6-8-10-22)33-31(34-25)36-32(46)35-30-29(44-21(5)40)28(43-20(4)39)27(42-19(3)38)26(45-30)16-41-18(2)37/h6-15,26-30H,16H2,1-5H3,(H2,33,34,35,36,46). The number of aromatic nitrogens is 2. The van der Waals surface area contributed by atoms with Crippen molar-refractivity contribution in [2.24, 2.45) is 0 Å². The highest BCUT2D eigenvalue weighted by atomic mass is 32.1. The zero-order valence-corrected chi connectivity index (χ0v) is 26.7. The van der Waals surface area contributed by atoms with Crippen molar-refractivity contribution in [1.29, 1.82) is 0 Å². The molecule has 5 atom stereocenters. The number of hydrogen-bond acceptors (Lipinski definition) is 12. The van der Waals surface area contributed by atoms with E-state index < -0.39 is 54.5 Å². The number of hydrogen-bond donors (Lipinski definition) is 2. The summed E-state index contributed by atoms with van der Waals surface area (Å²) in [6, 6.07) is 19.2. The van der Waals surface area contributed by atoms with Crippen molar-refractivity contribution in [3.05, 3.63) is 66.2 Å². The van der Waals surface area contributed by atoms with Crippen molar-refractivity contribution in [3.63, 3.8) is 0 Å². The van der Waals surface area contributed by atoms with E-state index in [2.05, 4.69) is 20.6 Å². The fraction of sp³-hybridized carbons (Fsp3) is 0.344. The lowest BCUT2D eigenvalue weighted by Gasteiger charge is -2.44. The summed E-state index contributed by atoms with van der Waals surface area (Å²) in [6.45, 7) is 6.25. The summed E-state index contributed by atoms with van der Waals surface area (Å²) in [5.41, 5.74) is 4.05. The van der Waals surface area contributed by atoms with Gasteiger partial charge in [0, 0.05) is 38.8 Å². The lowest BCUT2D eigenvalue weighted by molar-refractivity contribution is -0.254. The van der Waals surface area contributed by atoms with Crippen LogP contribution < -0.4 is 10.6 Å². The largest absolute Gasteiger partial charge is 0.463 e. The van der Waals surface area contributed by atoms with E-state index in [1.165, 1.54) is 6.92 Å². The molecule has 0 bridgehead atoms. The predicted octanol–water partition coefficient (Wildman–Crippen LogP) is 3.49. The Morgan fingerprint density at radius 1 is 0.761 bits per heavy atom. The number of nitrogens with zero attached hydrogens (tertiary/aromatic N) is 2. The molecule has 5 unspecified atom stereocenters. The first-order valence-electron chi connectivity index (χ1n) is 14.3. The van der Waals surface area contributed by atoms with Crippen molar-refractivity contribution >= 4 is 47.2 Å². The maximum Gasteiger partial charge on any atom is 0.303 e. The molecule has 0 aliphatic carbocycles. The number of ether oxygens (including phenoxy) is 5. The molecule has 2 heterocycles. The second kappa shape index (κ2) is 15.4. The van der Waals surface area contributed by atoms with Gasteiger partial charge in [0.1, 0.15) is 12.7 Å². The second-order valence-electron chi connectivity index (χ2n) is 10.4. The first kappa shape index (κ1) is 33.9. The van der Waals surface area contributed by atoms with Gasteiger partial charge in [0.05, 0.1) is 11.4 Å². The van der Waals surface area contributed by atoms with E-state index >= 15 is 0 Å². The fourth-order valence-corrected chi connectivity index (χ4v) is 4.95. The van der Waals surface area contributed by atoms with Crippen LogP contribution in [0.3, 0.4) is 0 Å². The third-order valence-electron chi connectivity index (χ3n) is 6.63. The molecule has 3 aromatic rings. The van der Waals surface area contributed by atoms with E-state index in [1.807, 2.05) is 67.6 Å². The Balaban J connectivity index is 1.66. The average Bonchev–Trinajstić information content (AvgIpc) is 2.99. The molecule has 0 saturated carbocycles. The van der Waals surface area contributed by atoms with Crippen LogP contribution >= 0.6 is 12.2 Å². The molecule has 1 aliphatic heterocycles. The Morgan fingerprint density at radius 3 is 1.87 bits per heavy atom. The Hall–Kier alpha value is -4.95. The van der Waals surface area contributed by atoms with Gasteiger partial charge in [0.2, 0.25) is 5.95 Å². The lowest BCUT2D eigenvalue weighted by atomic mass is 9.97. The molecule has 13 nitrogen and oxygen atoms in total. The van der Waals surface area contributed by atoms with Gasteiger partial charge in [0.25, 0.3) is 0 Å². The van der Waals surface area contributed by atoms with Crippen LogP contribution in [-0.4, -0.2) is 76.2 Å². The fourth-order valence-electron chi connectivity index (χ4n) is 4.74. The van der Waals surface area contributed by atoms with Crippen molar-refractivity contribution in [2.75, 3.05) is 11.9 Å². The van der Waals surface area contributed by atoms with E-state index in [0.717, 1.165) is 37.5 Å². The average molecular weight is 651 g/mol. The molecule has 1 aliphatic rings. The minimum atomic E-state index is -1.36. The number of benzene rings is 2. The summed E-state index contributed by atoms with van der Waals surface area (Å²) in [4.78, 5) is 57.2. The molecule has 4 rings (SSSR count). The van der Waals surface area contributed by atoms with Gasteiger partial charge in [-0.25, -0.2) is 9.97 Å². The zero-order valence-electron chi connectivity index (χ0n) is 25.8. The smallest absolute Gasteiger partial charge is 0.303 e. The van der Waals surface area contributed by atoms with Crippen molar-refractivity contribution in [1.82, 2.24) is 15.3 Å². The zero-order chi connectivity index (χ0) is 33.4. The summed E-state index contributed by atoms with van der Waals surface area (Å²) in [5.74, 6) is -2.69. The Morgan fingerprint density at radius 2 is 1.30 bits per heavy atom. The third kappa shape index (κ3) is 9.28. The molecular formula is C32H34N4O9S. The molecule has 14 heteroatoms. The Kier molecular flexibility index (Phi) is 11.3. The van der Waals surface area contributed by atoms with E-state index in [-0.39, 0.29) is 17.7 Å². The van der Waals surface area contributed by atoms with Crippen LogP contribution in [0, 0.1) is 6.92 Å². The molecule has 1 aromatic heterocycles. The molecule has 0 spiro atoms. The number of rotatable bonds is 9. The first-order valence-corrected chi connectivity index (χ1v) is 14.7. The summed E-state index contributed by atoms with van der Waals surface area (Å²) >= 11 is 5.59. The van der Waals surface area contributed by atoms with Gasteiger partial charge >= 0.3 is 23.9 Å². The summed E-state index contributed by atoms with van der Waals surface area (Å²) < 4.78 is 27.6. The third-order valence-corrected chi connectivity index (χ3v) is 6.85. The number of carbonyl (C=O) groups is 4. The van der Waals surface area contributed by atoms with E-state index in [1.54, 1.807) is 0 Å². The molecule has 1 saturated heterocycles. The number of esters is 4. The molecule has 2 N–H and O–H groups in total. The number of anilines is 1. The van der Waals surface area contributed by atoms with Gasteiger partial charge in [-0.3, -0.25) is 19.2 Å². The van der Waals surface area contributed by atoms with Gasteiger partial charge in [-0.15, -0.1) is 0 Å². The minimum Gasteiger partial charge on any atom is -0.463 e. The molecule has 2 aromatic carbocycles. The van der Waals surface area contributed by atoms with Gasteiger partial charge in [-0.2, -0.15) is 0 Å². The van der Waals surface area contributed by atoms with E-state index in [9.17, 15) is 19.2 Å². The van der Waals surface area contributed by atoms with Crippen molar-refractivity contribution in [3.8, 4) is 22.5 Å². The summed E-state index contributed by atoms with van der Waals surface area (Å²) in [6.07, 6.45) is -6.42. The molecule has 0 amide bonds. The monoisotopic (exact) mass is 650 g/mol. The van der Waals surface area contributed by atoms with Crippen LogP contribution in [-0.2, 0) is 42.9 Å². The topological polar surface area (TPSA) is 164 Å². The van der Waals surface area contributed by atoms with E-state index in [4.69, 9.17) is 35.9 Å². The molecular weight excluding hydrogens is 616 g/mol. The molecule has 1 fully saturated rings. The minimum absolute atomic E-state index is 0.0408. The SMILES string of the molecule is CC(=O)OCC1OC(NC(=S)Nc2nc(-c3ccccc3)cc(-c3ccc(C)cc3)n2)C(OC(C)=O)C(OC(C)=O)C1OC(C)=O. The van der Waals surface area contributed by atoms with Crippen LogP contribution in [0.1, 0.15) is 33.3 Å². The number of thiocarbonyl (C=S) groups is 1. The van der Waals surface area contributed by atoms with Gasteiger partial charge in [0.15, 0.2) is 29.7 Å². The van der Waals surface area contributed by atoms with Gasteiger partial charge < -0.3 is 34.3 Å². The highest BCUT2D eigenvalue weighted by Crippen LogP contribution is 2.29. The summed E-state index contributed by atoms with van der Waals surface area (Å²) in [5, 5.41) is 5.83. The van der Waals surface area contributed by atoms with Crippen molar-refractivity contribution < 1.29 is 42.9 Å². The molecule has 242 valence electrons. The van der Waals surface area contributed by atoms with Crippen molar-refractivity contribution in [2.45, 2.75) is 65.3 Å². The number of carbonyl (C=O) groups excluding carboxylic acids is 4. The van der Waals surface area contributed by atoms with Crippen LogP contribution in [0.4, 0.5) is 5.95 Å². The summed E-state index contributed by atoms with van der Waals surface area (Å²) in [7, 11) is 0. The molecule has 0 radical (unpaired) electrons. The Bertz CT molecular complexity index is 1590. The second-order valence-corrected chi connectivity index (χ2v) is 10.8. The van der Waals surface area contributed by atoms with Crippen LogP contribution in [0.25, 0.3) is 22.5 Å². The van der Waals surface area contributed by atoms with Crippen LogP contribution in [0.15, 0.2) is 60.7 Å². The number of nitrogens with one attached hydrogen (secondary N) is 2. The van der Waals surface area contributed by atoms with Gasteiger partial charge in [-0.1, -0.05) is 60.2 Å². The molecule has 46 heavy (non-hydrogen) atoms. The van der Waals surface area contributed by atoms with Crippen LogP contribution in [0.5, 0.6) is 0 Å². The number of aryl methyl sites for hydroxylation is 1. The maximum absolute atomic E-state index is 12.2. The first-order chi connectivity index (χ1) is 21.9. The normalized spacial score (nSPS) is 20.5. The highest BCUT2D eigenvalue weighted by Gasteiger charge is 2.52. The maximum atomic E-state index is 12.2. The van der Waals surface area contributed by atoms with Gasteiger partial charge in [-0.05, 0) is 25.2 Å². The highest BCUT2D eigenvalue weighted by molar-refractivity contribution is 7.80. The van der Waals surface area contributed by atoms with Crippen LogP contribution in [0.2, 0.25) is 0 Å².